The lowest BCUT2D eigenvalue weighted by molar-refractivity contribution is -0.139. The topological polar surface area (TPSA) is 80.6 Å². The fourth-order valence-electron chi connectivity index (χ4n) is 1.77. The van der Waals surface area contributed by atoms with Gasteiger partial charge in [-0.1, -0.05) is 18.2 Å². The molecule has 2 amide bonds. The molecule has 1 heterocycles. The van der Waals surface area contributed by atoms with Gasteiger partial charge in [0.15, 0.2) is 0 Å². The summed E-state index contributed by atoms with van der Waals surface area (Å²) in [5.41, 5.74) is 0.798. The molecule has 1 aromatic heterocycles. The Bertz CT molecular complexity index is 608. The predicted octanol–water partition coefficient (Wildman–Crippen LogP) is 1.22. The van der Waals surface area contributed by atoms with Crippen molar-refractivity contribution in [2.45, 2.75) is 13.1 Å². The minimum atomic E-state index is -0.707. The average Bonchev–Trinajstić information content (AvgIpc) is 3.03. The van der Waals surface area contributed by atoms with Crippen LogP contribution in [0.5, 0.6) is 5.75 Å². The van der Waals surface area contributed by atoms with E-state index in [0.717, 1.165) is 5.56 Å². The molecule has 0 bridgehead atoms. The van der Waals surface area contributed by atoms with Crippen LogP contribution in [0, 0.1) is 0 Å². The smallest absolute Gasteiger partial charge is 0.309 e. The van der Waals surface area contributed by atoms with Crippen LogP contribution in [0.25, 0.3) is 0 Å². The normalized spacial score (nSPS) is 9.95. The van der Waals surface area contributed by atoms with Crippen molar-refractivity contribution >= 4 is 11.8 Å². The molecule has 6 heteroatoms. The third-order valence-corrected chi connectivity index (χ3v) is 2.84. The molecule has 1 aromatic carbocycles. The Labute approximate surface area is 122 Å². The first-order chi connectivity index (χ1) is 10.2. The molecule has 21 heavy (non-hydrogen) atoms. The number of furan rings is 1. The number of rotatable bonds is 5. The van der Waals surface area contributed by atoms with Crippen molar-refractivity contribution in [1.82, 2.24) is 10.6 Å². The number of nitrogens with one attached hydrogen (secondary N) is 2. The molecule has 0 atom stereocenters. The number of ether oxygens (including phenoxy) is 1. The summed E-state index contributed by atoms with van der Waals surface area (Å²) in [5.74, 6) is -0.163. The van der Waals surface area contributed by atoms with Crippen molar-refractivity contribution in [2.75, 3.05) is 7.11 Å². The first-order valence-corrected chi connectivity index (χ1v) is 6.41. The highest BCUT2D eigenvalue weighted by molar-refractivity contribution is 6.35. The summed E-state index contributed by atoms with van der Waals surface area (Å²) in [6.45, 7) is 0.394. The summed E-state index contributed by atoms with van der Waals surface area (Å²) in [6.07, 6.45) is 1.50. The Hall–Kier alpha value is -2.76. The Balaban J connectivity index is 1.82. The van der Waals surface area contributed by atoms with E-state index >= 15 is 0 Å². The SMILES string of the molecule is COc1ccccc1CNC(=O)C(=O)NCc1ccco1. The van der Waals surface area contributed by atoms with Crippen LogP contribution in [-0.2, 0) is 22.7 Å². The second-order valence-electron chi connectivity index (χ2n) is 4.26. The van der Waals surface area contributed by atoms with Gasteiger partial charge in [-0.05, 0) is 18.2 Å². The molecule has 0 unspecified atom stereocenters. The zero-order valence-electron chi connectivity index (χ0n) is 11.6. The van der Waals surface area contributed by atoms with E-state index in [-0.39, 0.29) is 13.1 Å². The number of hydrogen-bond acceptors (Lipinski definition) is 4. The molecule has 2 aromatic rings. The molecule has 0 aliphatic rings. The van der Waals surface area contributed by atoms with Gasteiger partial charge in [-0.25, -0.2) is 0 Å². The largest absolute Gasteiger partial charge is 0.496 e. The lowest BCUT2D eigenvalue weighted by Gasteiger charge is -2.09. The maximum absolute atomic E-state index is 11.7. The fraction of sp³-hybridized carbons (Fsp3) is 0.200. The summed E-state index contributed by atoms with van der Waals surface area (Å²) in [5, 5.41) is 5.02. The van der Waals surface area contributed by atoms with E-state index in [4.69, 9.17) is 9.15 Å². The first-order valence-electron chi connectivity index (χ1n) is 6.41. The molecule has 0 saturated heterocycles. The molecule has 0 saturated carbocycles. The summed E-state index contributed by atoms with van der Waals surface area (Å²) >= 11 is 0. The van der Waals surface area contributed by atoms with Crippen molar-refractivity contribution in [3.8, 4) is 5.75 Å². The van der Waals surface area contributed by atoms with E-state index in [2.05, 4.69) is 10.6 Å². The summed E-state index contributed by atoms with van der Waals surface area (Å²) < 4.78 is 10.2. The predicted molar refractivity (Wildman–Crippen MR) is 75.4 cm³/mol. The number of para-hydroxylation sites is 1. The molecule has 0 aliphatic carbocycles. The number of carbonyl (C=O) groups excluding carboxylic acids is 2. The molecule has 0 radical (unpaired) electrons. The lowest BCUT2D eigenvalue weighted by atomic mass is 10.2. The van der Waals surface area contributed by atoms with E-state index in [9.17, 15) is 9.59 Å². The Morgan fingerprint density at radius 3 is 2.43 bits per heavy atom. The number of hydrogen-bond donors (Lipinski definition) is 2. The highest BCUT2D eigenvalue weighted by Gasteiger charge is 2.13. The van der Waals surface area contributed by atoms with Crippen LogP contribution < -0.4 is 15.4 Å². The first kappa shape index (κ1) is 14.6. The van der Waals surface area contributed by atoms with Gasteiger partial charge in [-0.15, -0.1) is 0 Å². The fourth-order valence-corrected chi connectivity index (χ4v) is 1.77. The average molecular weight is 288 g/mol. The molecule has 110 valence electrons. The third-order valence-electron chi connectivity index (χ3n) is 2.84. The molecule has 0 aliphatic heterocycles. The van der Waals surface area contributed by atoms with Gasteiger partial charge >= 0.3 is 11.8 Å². The number of amides is 2. The highest BCUT2D eigenvalue weighted by Crippen LogP contribution is 2.16. The van der Waals surface area contributed by atoms with Gasteiger partial charge in [-0.2, -0.15) is 0 Å². The Kier molecular flexibility index (Phi) is 4.98. The van der Waals surface area contributed by atoms with E-state index in [1.54, 1.807) is 25.3 Å². The minimum Gasteiger partial charge on any atom is -0.496 e. The van der Waals surface area contributed by atoms with Crippen molar-refractivity contribution in [3.63, 3.8) is 0 Å². The van der Waals surface area contributed by atoms with Crippen LogP contribution >= 0.6 is 0 Å². The standard InChI is InChI=1S/C15H16N2O4/c1-20-13-7-3-2-5-11(13)9-16-14(18)15(19)17-10-12-6-4-8-21-12/h2-8H,9-10H2,1H3,(H,16,18)(H,17,19). The molecular formula is C15H16N2O4. The van der Waals surface area contributed by atoms with Crippen molar-refractivity contribution in [2.24, 2.45) is 0 Å². The Morgan fingerprint density at radius 1 is 1.05 bits per heavy atom. The van der Waals surface area contributed by atoms with Crippen LogP contribution in [-0.4, -0.2) is 18.9 Å². The third kappa shape index (κ3) is 4.10. The minimum absolute atomic E-state index is 0.175. The summed E-state index contributed by atoms with van der Waals surface area (Å²) in [4.78, 5) is 23.3. The number of benzene rings is 1. The zero-order valence-corrected chi connectivity index (χ0v) is 11.6. The van der Waals surface area contributed by atoms with E-state index in [1.165, 1.54) is 6.26 Å². The van der Waals surface area contributed by atoms with Crippen molar-refractivity contribution in [3.05, 3.63) is 54.0 Å². The van der Waals surface area contributed by atoms with Gasteiger partial charge in [0.2, 0.25) is 0 Å². The van der Waals surface area contributed by atoms with Crippen LogP contribution in [0.2, 0.25) is 0 Å². The monoisotopic (exact) mass is 288 g/mol. The lowest BCUT2D eigenvalue weighted by Crippen LogP contribution is -2.39. The van der Waals surface area contributed by atoms with E-state index < -0.39 is 11.8 Å². The second-order valence-corrected chi connectivity index (χ2v) is 4.26. The number of methoxy groups -OCH3 is 1. The van der Waals surface area contributed by atoms with Gasteiger partial charge < -0.3 is 19.8 Å². The van der Waals surface area contributed by atoms with Gasteiger partial charge in [-0.3, -0.25) is 9.59 Å². The van der Waals surface area contributed by atoms with Crippen molar-refractivity contribution < 1.29 is 18.7 Å². The van der Waals surface area contributed by atoms with Crippen LogP contribution in [0.15, 0.2) is 47.1 Å². The zero-order chi connectivity index (χ0) is 15.1. The van der Waals surface area contributed by atoms with Crippen LogP contribution in [0.1, 0.15) is 11.3 Å². The number of carbonyl (C=O) groups is 2. The van der Waals surface area contributed by atoms with E-state index in [0.29, 0.717) is 11.5 Å². The van der Waals surface area contributed by atoms with Gasteiger partial charge in [0.05, 0.1) is 19.9 Å². The molecule has 6 nitrogen and oxygen atoms in total. The quantitative estimate of drug-likeness (QED) is 0.811. The van der Waals surface area contributed by atoms with E-state index in [1.807, 2.05) is 18.2 Å². The molecule has 0 spiro atoms. The van der Waals surface area contributed by atoms with Gasteiger partial charge in [0.25, 0.3) is 0 Å². The summed E-state index contributed by atoms with van der Waals surface area (Å²) in [6, 6.07) is 10.7. The molecule has 2 rings (SSSR count). The molecule has 0 fully saturated rings. The highest BCUT2D eigenvalue weighted by atomic mass is 16.5. The van der Waals surface area contributed by atoms with Crippen molar-refractivity contribution in [1.29, 1.82) is 0 Å². The summed E-state index contributed by atoms with van der Waals surface area (Å²) in [7, 11) is 1.55. The second kappa shape index (κ2) is 7.14. The Morgan fingerprint density at radius 2 is 1.76 bits per heavy atom. The maximum atomic E-state index is 11.7. The molecule has 2 N–H and O–H groups in total. The maximum Gasteiger partial charge on any atom is 0.309 e. The van der Waals surface area contributed by atoms with Gasteiger partial charge in [0, 0.05) is 12.1 Å². The van der Waals surface area contributed by atoms with Crippen LogP contribution in [0.3, 0.4) is 0 Å². The van der Waals surface area contributed by atoms with Gasteiger partial charge in [0.1, 0.15) is 11.5 Å². The van der Waals surface area contributed by atoms with Crippen LogP contribution in [0.4, 0.5) is 0 Å². The molecular weight excluding hydrogens is 272 g/mol.